The third-order valence-electron chi connectivity index (χ3n) is 1.66. The van der Waals surface area contributed by atoms with Gasteiger partial charge in [0.2, 0.25) is 0 Å². The second kappa shape index (κ2) is 6.98. The summed E-state index contributed by atoms with van der Waals surface area (Å²) in [4.78, 5) is 21.9. The molecule has 0 amide bonds. The summed E-state index contributed by atoms with van der Waals surface area (Å²) in [6.45, 7) is 2.37. The minimum Gasteiger partial charge on any atom is -0.465 e. The van der Waals surface area contributed by atoms with E-state index < -0.39 is 0 Å². The van der Waals surface area contributed by atoms with Gasteiger partial charge in [-0.2, -0.15) is 0 Å². The van der Waals surface area contributed by atoms with E-state index in [1.54, 1.807) is 12.2 Å². The van der Waals surface area contributed by atoms with E-state index >= 15 is 0 Å². The molecule has 70 valence electrons. The van der Waals surface area contributed by atoms with Crippen molar-refractivity contribution in [2.75, 3.05) is 6.61 Å². The molecule has 0 aromatic rings. The van der Waals surface area contributed by atoms with Crippen LogP contribution >= 0.6 is 0 Å². The molecule has 1 aliphatic carbocycles. The monoisotopic (exact) mass is 203 g/mol. The van der Waals surface area contributed by atoms with E-state index in [4.69, 9.17) is 4.74 Å². The van der Waals surface area contributed by atoms with Gasteiger partial charge in [-0.15, -0.1) is 0 Å². The van der Waals surface area contributed by atoms with E-state index in [0.29, 0.717) is 6.61 Å². The maximum Gasteiger partial charge on any atom is 1.00 e. The van der Waals surface area contributed by atoms with E-state index in [-0.39, 0.29) is 47.2 Å². The van der Waals surface area contributed by atoms with Gasteiger partial charge in [0.25, 0.3) is 0 Å². The molecule has 0 saturated heterocycles. The van der Waals surface area contributed by atoms with Crippen LogP contribution in [0.5, 0.6) is 0 Å². The molecule has 0 bridgehead atoms. The van der Waals surface area contributed by atoms with Crippen molar-refractivity contribution in [3.05, 3.63) is 24.3 Å². The van der Waals surface area contributed by atoms with Crippen LogP contribution in [0.15, 0.2) is 24.3 Å². The van der Waals surface area contributed by atoms with Gasteiger partial charge in [-0.3, -0.25) is 9.59 Å². The fourth-order valence-corrected chi connectivity index (χ4v) is 0.973. The average molecular weight is 203 g/mol. The number of ether oxygens (including phenoxy) is 1. The van der Waals surface area contributed by atoms with Crippen LogP contribution in [0.4, 0.5) is 0 Å². The Balaban J connectivity index is 0.00000169. The van der Waals surface area contributed by atoms with Crippen molar-refractivity contribution in [2.45, 2.75) is 13.3 Å². The zero-order valence-electron chi connectivity index (χ0n) is 8.53. The van der Waals surface area contributed by atoms with E-state index in [1.807, 2.05) is 6.92 Å². The van der Waals surface area contributed by atoms with Crippen LogP contribution in [0.3, 0.4) is 0 Å². The van der Waals surface area contributed by atoms with Crippen molar-refractivity contribution in [3.8, 4) is 0 Å². The third-order valence-corrected chi connectivity index (χ3v) is 1.66. The summed E-state index contributed by atoms with van der Waals surface area (Å²) in [5, 5.41) is 0. The minimum atomic E-state index is -0.385. The molecule has 1 aliphatic rings. The van der Waals surface area contributed by atoms with Crippen LogP contribution < -0.4 is 29.6 Å². The first-order chi connectivity index (χ1) is 6.24. The molecule has 1 rings (SSSR count). The minimum absolute atomic E-state index is 0. The molecule has 0 saturated carbocycles. The Kier molecular flexibility index (Phi) is 6.79. The second-order valence-corrected chi connectivity index (χ2v) is 2.81. The number of rotatable bonds is 3. The number of hydrogen-bond acceptors (Lipinski definition) is 3. The number of carbonyl (C=O) groups is 2. The van der Waals surface area contributed by atoms with Crippen LogP contribution in [0.1, 0.15) is 13.3 Å². The molecule has 0 fully saturated rings. The van der Waals surface area contributed by atoms with E-state index in [2.05, 4.69) is 0 Å². The Hall–Kier alpha value is -0.380. The Bertz CT molecular complexity index is 253. The number of ketones is 1. The largest absolute Gasteiger partial charge is 1.00 e. The summed E-state index contributed by atoms with van der Waals surface area (Å²) in [6.07, 6.45) is 6.70. The first-order valence-corrected chi connectivity index (χ1v) is 4.31. The number of hydrogen-bond donors (Lipinski definition) is 0. The SMILES string of the molecule is CCCOC(=O)C1C=CC(=O)C=C1.[Na+]. The van der Waals surface area contributed by atoms with Crippen LogP contribution in [-0.4, -0.2) is 18.4 Å². The van der Waals surface area contributed by atoms with Crippen molar-refractivity contribution in [1.29, 1.82) is 0 Å². The zero-order valence-corrected chi connectivity index (χ0v) is 10.5. The Morgan fingerprint density at radius 2 is 2.00 bits per heavy atom. The maximum atomic E-state index is 11.2. The quantitative estimate of drug-likeness (QED) is 0.404. The Labute approximate surface area is 105 Å². The first-order valence-electron chi connectivity index (χ1n) is 4.31. The molecule has 0 aromatic carbocycles. The van der Waals surface area contributed by atoms with Crippen molar-refractivity contribution in [2.24, 2.45) is 5.92 Å². The summed E-state index contributed by atoms with van der Waals surface area (Å²) in [5.41, 5.74) is 0. The Morgan fingerprint density at radius 1 is 1.43 bits per heavy atom. The van der Waals surface area contributed by atoms with Crippen LogP contribution in [0.25, 0.3) is 0 Å². The number of allylic oxidation sites excluding steroid dienone is 2. The predicted octanol–water partition coefficient (Wildman–Crippen LogP) is -1.75. The fraction of sp³-hybridized carbons (Fsp3) is 0.400. The van der Waals surface area contributed by atoms with Gasteiger partial charge in [0.05, 0.1) is 12.5 Å². The summed E-state index contributed by atoms with van der Waals surface area (Å²) < 4.78 is 4.91. The first kappa shape index (κ1) is 13.6. The molecule has 0 N–H and O–H groups in total. The fourth-order valence-electron chi connectivity index (χ4n) is 0.973. The molecule has 0 aliphatic heterocycles. The summed E-state index contributed by atoms with van der Waals surface area (Å²) in [7, 11) is 0. The second-order valence-electron chi connectivity index (χ2n) is 2.81. The predicted molar refractivity (Wildman–Crippen MR) is 48.0 cm³/mol. The molecule has 0 heterocycles. The number of esters is 1. The zero-order chi connectivity index (χ0) is 9.68. The van der Waals surface area contributed by atoms with Gasteiger partial charge < -0.3 is 4.74 Å². The summed E-state index contributed by atoms with van der Waals surface area (Å²) >= 11 is 0. The van der Waals surface area contributed by atoms with Crippen LogP contribution in [0, 0.1) is 5.92 Å². The molecule has 0 spiro atoms. The average Bonchev–Trinajstić information content (AvgIpc) is 2.15. The normalized spacial score (nSPS) is 15.1. The molecule has 0 aromatic heterocycles. The topological polar surface area (TPSA) is 43.4 Å². The van der Waals surface area contributed by atoms with Crippen molar-refractivity contribution < 1.29 is 43.9 Å². The van der Waals surface area contributed by atoms with Crippen LogP contribution in [-0.2, 0) is 14.3 Å². The van der Waals surface area contributed by atoms with E-state index in [9.17, 15) is 9.59 Å². The number of carbonyl (C=O) groups excluding carboxylic acids is 2. The van der Waals surface area contributed by atoms with Gasteiger partial charge >= 0.3 is 35.5 Å². The van der Waals surface area contributed by atoms with Gasteiger partial charge in [-0.1, -0.05) is 19.1 Å². The molecular formula is C10H12NaO3+. The van der Waals surface area contributed by atoms with Crippen molar-refractivity contribution >= 4 is 11.8 Å². The van der Waals surface area contributed by atoms with Crippen LogP contribution in [0.2, 0.25) is 0 Å². The van der Waals surface area contributed by atoms with E-state index in [1.165, 1.54) is 12.2 Å². The van der Waals surface area contributed by atoms with E-state index in [0.717, 1.165) is 6.42 Å². The van der Waals surface area contributed by atoms with Crippen molar-refractivity contribution in [1.82, 2.24) is 0 Å². The van der Waals surface area contributed by atoms with Gasteiger partial charge in [0.15, 0.2) is 5.78 Å². The maximum absolute atomic E-state index is 11.2. The van der Waals surface area contributed by atoms with Gasteiger partial charge in [-0.05, 0) is 18.6 Å². The summed E-state index contributed by atoms with van der Waals surface area (Å²) in [5.74, 6) is -0.759. The third kappa shape index (κ3) is 4.22. The smallest absolute Gasteiger partial charge is 0.465 e. The molecular weight excluding hydrogens is 191 g/mol. The Morgan fingerprint density at radius 3 is 2.50 bits per heavy atom. The van der Waals surface area contributed by atoms with Gasteiger partial charge in [0.1, 0.15) is 0 Å². The molecule has 0 atom stereocenters. The van der Waals surface area contributed by atoms with Crippen molar-refractivity contribution in [3.63, 3.8) is 0 Å². The van der Waals surface area contributed by atoms with Gasteiger partial charge in [0, 0.05) is 0 Å². The molecule has 4 heteroatoms. The standard InChI is InChI=1S/C10H12O3.Na/c1-2-7-13-10(12)8-3-5-9(11)6-4-8;/h3-6,8H,2,7H2,1H3;/q;+1. The molecule has 3 nitrogen and oxygen atoms in total. The molecule has 0 unspecified atom stereocenters. The molecule has 14 heavy (non-hydrogen) atoms. The molecule has 0 radical (unpaired) electrons. The van der Waals surface area contributed by atoms with Gasteiger partial charge in [-0.25, -0.2) is 0 Å². The summed E-state index contributed by atoms with van der Waals surface area (Å²) in [6, 6.07) is 0.